The van der Waals surface area contributed by atoms with E-state index in [9.17, 15) is 4.79 Å². The molecule has 1 saturated heterocycles. The molecule has 0 bridgehead atoms. The highest BCUT2D eigenvalue weighted by Crippen LogP contribution is 2.33. The highest BCUT2D eigenvalue weighted by molar-refractivity contribution is 6.30. The van der Waals surface area contributed by atoms with Crippen molar-refractivity contribution in [3.05, 3.63) is 53.1 Å². The van der Waals surface area contributed by atoms with E-state index in [0.717, 1.165) is 49.8 Å². The molecule has 0 saturated carbocycles. The van der Waals surface area contributed by atoms with Crippen molar-refractivity contribution >= 4 is 17.4 Å². The van der Waals surface area contributed by atoms with Crippen LogP contribution in [0.15, 0.2) is 42.5 Å². The van der Waals surface area contributed by atoms with Crippen molar-refractivity contribution in [1.82, 2.24) is 0 Å². The van der Waals surface area contributed by atoms with E-state index in [2.05, 4.69) is 0 Å². The summed E-state index contributed by atoms with van der Waals surface area (Å²) in [5, 5.41) is 0.700. The molecule has 2 aliphatic heterocycles. The van der Waals surface area contributed by atoms with Crippen LogP contribution in [0.3, 0.4) is 0 Å². The average Bonchev–Trinajstić information content (AvgIpc) is 2.75. The second kappa shape index (κ2) is 9.75. The summed E-state index contributed by atoms with van der Waals surface area (Å²) in [7, 11) is 0. The van der Waals surface area contributed by atoms with Gasteiger partial charge in [-0.3, -0.25) is 4.79 Å². The van der Waals surface area contributed by atoms with Gasteiger partial charge in [0.15, 0.2) is 12.1 Å². The van der Waals surface area contributed by atoms with E-state index in [1.807, 2.05) is 42.5 Å². The number of ketones is 1. The smallest absolute Gasteiger partial charge is 0.170 e. The number of rotatable bonds is 7. The van der Waals surface area contributed by atoms with Gasteiger partial charge >= 0.3 is 0 Å². The van der Waals surface area contributed by atoms with Gasteiger partial charge in [0.05, 0.1) is 5.56 Å². The Bertz CT molecular complexity index is 827. The number of halogens is 1. The lowest BCUT2D eigenvalue weighted by Gasteiger charge is -2.26. The highest BCUT2D eigenvalue weighted by Gasteiger charge is 2.26. The molecule has 5 heteroatoms. The predicted octanol–water partition coefficient (Wildman–Crippen LogP) is 6.05. The summed E-state index contributed by atoms with van der Waals surface area (Å²) in [5.41, 5.74) is 2.71. The van der Waals surface area contributed by atoms with Crippen LogP contribution in [-0.2, 0) is 9.47 Å². The fourth-order valence-electron chi connectivity index (χ4n) is 3.90. The lowest BCUT2D eigenvalue weighted by Crippen LogP contribution is -2.27. The van der Waals surface area contributed by atoms with Crippen LogP contribution in [0, 0.1) is 0 Å². The Kier molecular flexibility index (Phi) is 6.86. The molecule has 1 fully saturated rings. The van der Waals surface area contributed by atoms with Crippen molar-refractivity contribution in [2.75, 3.05) is 13.2 Å². The first-order valence-corrected chi connectivity index (χ1v) is 10.9. The van der Waals surface area contributed by atoms with Crippen molar-refractivity contribution in [2.45, 2.75) is 57.3 Å². The van der Waals surface area contributed by atoms with E-state index in [0.29, 0.717) is 29.4 Å². The van der Waals surface area contributed by atoms with Gasteiger partial charge in [-0.25, -0.2) is 0 Å². The normalized spacial score (nSPS) is 21.5. The molecule has 0 spiro atoms. The Morgan fingerprint density at radius 3 is 2.66 bits per heavy atom. The molecule has 4 rings (SSSR count). The maximum absolute atomic E-state index is 12.7. The number of Topliss-reactive ketones (excluding diaryl/α,β-unsaturated/α-hetero) is 1. The summed E-state index contributed by atoms with van der Waals surface area (Å²) in [6, 6.07) is 13.5. The lowest BCUT2D eigenvalue weighted by atomic mass is 9.94. The van der Waals surface area contributed by atoms with E-state index in [4.69, 9.17) is 25.8 Å². The maximum Gasteiger partial charge on any atom is 0.170 e. The molecule has 0 radical (unpaired) electrons. The standard InChI is InChI=1S/C24H27ClO4/c25-19-10-7-17(8-11-19)18-9-12-23-21(15-18)22(26)16-20(29-23)5-1-3-13-27-24-6-2-4-14-28-24/h7-12,15,20,24H,1-6,13-14,16H2. The second-order valence-electron chi connectivity index (χ2n) is 7.75. The Morgan fingerprint density at radius 1 is 1.03 bits per heavy atom. The molecule has 0 N–H and O–H groups in total. The minimum Gasteiger partial charge on any atom is -0.489 e. The summed E-state index contributed by atoms with van der Waals surface area (Å²) in [5.74, 6) is 0.842. The van der Waals surface area contributed by atoms with Crippen LogP contribution in [0.5, 0.6) is 5.75 Å². The topological polar surface area (TPSA) is 44.8 Å². The van der Waals surface area contributed by atoms with E-state index >= 15 is 0 Å². The van der Waals surface area contributed by atoms with Crippen LogP contribution in [0.1, 0.15) is 55.3 Å². The van der Waals surface area contributed by atoms with Crippen molar-refractivity contribution < 1.29 is 19.0 Å². The van der Waals surface area contributed by atoms with Crippen LogP contribution < -0.4 is 4.74 Å². The van der Waals surface area contributed by atoms with Crippen molar-refractivity contribution in [1.29, 1.82) is 0 Å². The molecule has 154 valence electrons. The van der Waals surface area contributed by atoms with Gasteiger partial charge in [0, 0.05) is 24.7 Å². The summed E-state index contributed by atoms with van der Waals surface area (Å²) < 4.78 is 17.5. The van der Waals surface area contributed by atoms with Gasteiger partial charge in [0.2, 0.25) is 0 Å². The predicted molar refractivity (Wildman–Crippen MR) is 114 cm³/mol. The summed E-state index contributed by atoms with van der Waals surface area (Å²) in [6.07, 6.45) is 6.45. The Balaban J connectivity index is 1.28. The summed E-state index contributed by atoms with van der Waals surface area (Å²) in [6.45, 7) is 1.51. The third-order valence-corrected chi connectivity index (χ3v) is 5.78. The van der Waals surface area contributed by atoms with Gasteiger partial charge in [-0.1, -0.05) is 29.8 Å². The number of unbranched alkanes of at least 4 members (excludes halogenated alkanes) is 1. The van der Waals surface area contributed by atoms with Gasteiger partial charge < -0.3 is 14.2 Å². The number of ether oxygens (including phenoxy) is 3. The first kappa shape index (κ1) is 20.4. The summed E-state index contributed by atoms with van der Waals surface area (Å²) in [4.78, 5) is 12.7. The number of carbonyl (C=O) groups is 1. The zero-order valence-electron chi connectivity index (χ0n) is 16.6. The molecular formula is C24H27ClO4. The first-order valence-electron chi connectivity index (χ1n) is 10.5. The summed E-state index contributed by atoms with van der Waals surface area (Å²) >= 11 is 5.97. The Morgan fingerprint density at radius 2 is 1.86 bits per heavy atom. The molecule has 0 aliphatic carbocycles. The average molecular weight is 415 g/mol. The zero-order valence-corrected chi connectivity index (χ0v) is 17.3. The number of hydrogen-bond donors (Lipinski definition) is 0. The lowest BCUT2D eigenvalue weighted by molar-refractivity contribution is -0.162. The van der Waals surface area contributed by atoms with E-state index < -0.39 is 0 Å². The molecule has 2 aromatic rings. The fraction of sp³-hybridized carbons (Fsp3) is 0.458. The van der Waals surface area contributed by atoms with Crippen molar-refractivity contribution in [2.24, 2.45) is 0 Å². The molecule has 4 nitrogen and oxygen atoms in total. The Labute approximate surface area is 177 Å². The highest BCUT2D eigenvalue weighted by atomic mass is 35.5. The van der Waals surface area contributed by atoms with Crippen molar-refractivity contribution in [3.63, 3.8) is 0 Å². The van der Waals surface area contributed by atoms with Gasteiger partial charge in [-0.2, -0.15) is 0 Å². The van der Waals surface area contributed by atoms with E-state index in [1.165, 1.54) is 6.42 Å². The fourth-order valence-corrected chi connectivity index (χ4v) is 4.03. The number of hydrogen-bond acceptors (Lipinski definition) is 4. The van der Waals surface area contributed by atoms with Crippen molar-refractivity contribution in [3.8, 4) is 16.9 Å². The number of fused-ring (bicyclic) bond motifs is 1. The van der Waals surface area contributed by atoms with Gasteiger partial charge in [0.25, 0.3) is 0 Å². The van der Waals surface area contributed by atoms with Crippen LogP contribution in [0.2, 0.25) is 5.02 Å². The molecule has 0 aromatic heterocycles. The third-order valence-electron chi connectivity index (χ3n) is 5.53. The molecule has 2 aliphatic rings. The first-order chi connectivity index (χ1) is 14.2. The molecule has 2 atom stereocenters. The van der Waals surface area contributed by atoms with E-state index in [-0.39, 0.29) is 18.2 Å². The largest absolute Gasteiger partial charge is 0.489 e. The van der Waals surface area contributed by atoms with Crippen LogP contribution in [-0.4, -0.2) is 31.4 Å². The Hall–Kier alpha value is -1.88. The molecular weight excluding hydrogens is 388 g/mol. The van der Waals surface area contributed by atoms with Crippen LogP contribution >= 0.6 is 11.6 Å². The molecule has 2 aromatic carbocycles. The quantitative estimate of drug-likeness (QED) is 0.517. The third kappa shape index (κ3) is 5.39. The van der Waals surface area contributed by atoms with Crippen LogP contribution in [0.4, 0.5) is 0 Å². The molecule has 2 heterocycles. The van der Waals surface area contributed by atoms with Gasteiger partial charge in [0.1, 0.15) is 11.9 Å². The molecule has 2 unspecified atom stereocenters. The minimum atomic E-state index is -0.0534. The van der Waals surface area contributed by atoms with Crippen LogP contribution in [0.25, 0.3) is 11.1 Å². The second-order valence-corrected chi connectivity index (χ2v) is 8.18. The SMILES string of the molecule is O=C1CC(CCCCOC2CCCCO2)Oc2ccc(-c3ccc(Cl)cc3)cc21. The van der Waals surface area contributed by atoms with Gasteiger partial charge in [-0.05, 0) is 73.9 Å². The van der Waals surface area contributed by atoms with Gasteiger partial charge in [-0.15, -0.1) is 0 Å². The molecule has 29 heavy (non-hydrogen) atoms. The number of carbonyl (C=O) groups excluding carboxylic acids is 1. The zero-order chi connectivity index (χ0) is 20.1. The molecule has 0 amide bonds. The maximum atomic E-state index is 12.7. The monoisotopic (exact) mass is 414 g/mol. The minimum absolute atomic E-state index is 0.0297. The number of benzene rings is 2. The van der Waals surface area contributed by atoms with E-state index in [1.54, 1.807) is 0 Å².